The van der Waals surface area contributed by atoms with Crippen LogP contribution >= 0.6 is 0 Å². The van der Waals surface area contributed by atoms with Crippen LogP contribution in [0.15, 0.2) is 90.0 Å². The number of ether oxygens (including phenoxy) is 1. The van der Waals surface area contributed by atoms with E-state index in [0.29, 0.717) is 28.1 Å². The third kappa shape index (κ3) is 3.40. The SMILES string of the molecule is COc1ccccc1-n1cc(-c2ccccn2)cc(-c2ccccc2C#N)c1=O. The first-order chi connectivity index (χ1) is 14.2. The molecule has 0 aliphatic rings. The molecule has 0 saturated carbocycles. The van der Waals surface area contributed by atoms with Crippen molar-refractivity contribution in [1.29, 1.82) is 5.26 Å². The van der Waals surface area contributed by atoms with Gasteiger partial charge in [0.1, 0.15) is 5.75 Å². The van der Waals surface area contributed by atoms with Crippen molar-refractivity contribution in [3.8, 4) is 39.9 Å². The summed E-state index contributed by atoms with van der Waals surface area (Å²) in [6.45, 7) is 0. The lowest BCUT2D eigenvalue weighted by molar-refractivity contribution is 0.412. The minimum absolute atomic E-state index is 0.239. The number of methoxy groups -OCH3 is 1. The van der Waals surface area contributed by atoms with Crippen LogP contribution in [0.3, 0.4) is 0 Å². The molecule has 0 atom stereocenters. The second-order valence-electron chi connectivity index (χ2n) is 6.36. The summed E-state index contributed by atoms with van der Waals surface area (Å²) in [4.78, 5) is 17.9. The fraction of sp³-hybridized carbons (Fsp3) is 0.0417. The molecule has 0 saturated heterocycles. The number of nitrogens with zero attached hydrogens (tertiary/aromatic N) is 3. The van der Waals surface area contributed by atoms with E-state index in [2.05, 4.69) is 11.1 Å². The summed E-state index contributed by atoms with van der Waals surface area (Å²) >= 11 is 0. The molecular formula is C24H17N3O2. The Balaban J connectivity index is 2.07. The zero-order chi connectivity index (χ0) is 20.2. The van der Waals surface area contributed by atoms with Gasteiger partial charge in [-0.1, -0.05) is 36.4 Å². The normalized spacial score (nSPS) is 10.3. The van der Waals surface area contributed by atoms with Crippen molar-refractivity contribution >= 4 is 0 Å². The molecule has 0 fully saturated rings. The molecule has 2 aromatic carbocycles. The predicted octanol–water partition coefficient (Wildman–Crippen LogP) is 4.45. The lowest BCUT2D eigenvalue weighted by atomic mass is 9.99. The molecule has 2 aromatic heterocycles. The van der Waals surface area contributed by atoms with Crippen LogP contribution in [0.25, 0.3) is 28.1 Å². The Bertz CT molecular complexity index is 1270. The molecule has 0 aliphatic carbocycles. The van der Waals surface area contributed by atoms with Gasteiger partial charge in [0.25, 0.3) is 5.56 Å². The minimum atomic E-state index is -0.239. The highest BCUT2D eigenvalue weighted by Crippen LogP contribution is 2.28. The number of nitriles is 1. The van der Waals surface area contributed by atoms with Gasteiger partial charge in [-0.2, -0.15) is 5.26 Å². The van der Waals surface area contributed by atoms with Crippen LogP contribution in [0.2, 0.25) is 0 Å². The number of aromatic nitrogens is 2. The van der Waals surface area contributed by atoms with Crippen molar-refractivity contribution in [2.75, 3.05) is 7.11 Å². The highest BCUT2D eigenvalue weighted by atomic mass is 16.5. The van der Waals surface area contributed by atoms with Gasteiger partial charge >= 0.3 is 0 Å². The summed E-state index contributed by atoms with van der Waals surface area (Å²) in [6, 6.07) is 24.0. The second kappa shape index (κ2) is 7.83. The fourth-order valence-corrected chi connectivity index (χ4v) is 3.27. The van der Waals surface area contributed by atoms with Crippen molar-refractivity contribution in [2.45, 2.75) is 0 Å². The van der Waals surface area contributed by atoms with Crippen LogP contribution in [0.4, 0.5) is 0 Å². The molecule has 0 aliphatic heterocycles. The first-order valence-electron chi connectivity index (χ1n) is 9.04. The average Bonchev–Trinajstić information content (AvgIpc) is 2.80. The van der Waals surface area contributed by atoms with Gasteiger partial charge in [0.2, 0.25) is 0 Å². The van der Waals surface area contributed by atoms with E-state index in [1.165, 1.54) is 0 Å². The van der Waals surface area contributed by atoms with Crippen molar-refractivity contribution < 1.29 is 4.74 Å². The molecule has 2 heterocycles. The summed E-state index contributed by atoms with van der Waals surface area (Å²) < 4.78 is 7.01. The summed E-state index contributed by atoms with van der Waals surface area (Å²) in [5.74, 6) is 0.576. The van der Waals surface area contributed by atoms with Crippen LogP contribution in [-0.2, 0) is 0 Å². The molecule has 0 spiro atoms. The van der Waals surface area contributed by atoms with Gasteiger partial charge in [-0.3, -0.25) is 14.3 Å². The smallest absolute Gasteiger partial charge is 0.263 e. The van der Waals surface area contributed by atoms with Crippen LogP contribution in [-0.4, -0.2) is 16.7 Å². The number of para-hydroxylation sites is 2. The Morgan fingerprint density at radius 2 is 1.72 bits per heavy atom. The molecule has 0 N–H and O–H groups in total. The maximum absolute atomic E-state index is 13.5. The van der Waals surface area contributed by atoms with Gasteiger partial charge in [0.05, 0.1) is 30.1 Å². The molecule has 5 nitrogen and oxygen atoms in total. The van der Waals surface area contributed by atoms with Gasteiger partial charge in [0, 0.05) is 29.1 Å². The zero-order valence-corrected chi connectivity index (χ0v) is 15.7. The summed E-state index contributed by atoms with van der Waals surface area (Å²) in [7, 11) is 1.57. The molecule has 0 unspecified atom stereocenters. The zero-order valence-electron chi connectivity index (χ0n) is 15.7. The molecule has 4 rings (SSSR count). The standard InChI is InChI=1S/C24H17N3O2/c1-29-23-12-5-4-11-22(23)27-16-18(21-10-6-7-13-26-21)14-20(24(27)28)19-9-3-2-8-17(19)15-25/h2-14,16H,1H3. The first-order valence-corrected chi connectivity index (χ1v) is 9.04. The molecule has 0 bridgehead atoms. The third-order valence-electron chi connectivity index (χ3n) is 4.66. The lowest BCUT2D eigenvalue weighted by Crippen LogP contribution is -2.21. The van der Waals surface area contributed by atoms with E-state index >= 15 is 0 Å². The lowest BCUT2D eigenvalue weighted by Gasteiger charge is -2.15. The van der Waals surface area contributed by atoms with Crippen molar-refractivity contribution in [1.82, 2.24) is 9.55 Å². The van der Waals surface area contributed by atoms with Crippen molar-refractivity contribution in [3.05, 3.63) is 101 Å². The molecule has 140 valence electrons. The highest BCUT2D eigenvalue weighted by molar-refractivity contribution is 5.75. The largest absolute Gasteiger partial charge is 0.495 e. The summed E-state index contributed by atoms with van der Waals surface area (Å²) in [5.41, 5.74) is 3.32. The number of rotatable bonds is 4. The van der Waals surface area contributed by atoms with Crippen LogP contribution in [0.1, 0.15) is 5.56 Å². The number of benzene rings is 2. The third-order valence-corrected chi connectivity index (χ3v) is 4.66. The van der Waals surface area contributed by atoms with E-state index in [1.807, 2.05) is 42.5 Å². The molecule has 0 radical (unpaired) electrons. The minimum Gasteiger partial charge on any atom is -0.495 e. The first kappa shape index (κ1) is 18.2. The quantitative estimate of drug-likeness (QED) is 0.525. The van der Waals surface area contributed by atoms with Gasteiger partial charge in [0.15, 0.2) is 0 Å². The summed E-state index contributed by atoms with van der Waals surface area (Å²) in [6.07, 6.45) is 3.46. The Hall–Kier alpha value is -4.17. The molecular weight excluding hydrogens is 362 g/mol. The Morgan fingerprint density at radius 3 is 2.48 bits per heavy atom. The monoisotopic (exact) mass is 379 g/mol. The van der Waals surface area contributed by atoms with Gasteiger partial charge < -0.3 is 4.74 Å². The fourth-order valence-electron chi connectivity index (χ4n) is 3.27. The molecule has 29 heavy (non-hydrogen) atoms. The summed E-state index contributed by atoms with van der Waals surface area (Å²) in [5, 5.41) is 9.53. The van der Waals surface area contributed by atoms with Gasteiger partial charge in [-0.25, -0.2) is 0 Å². The Kier molecular flexibility index (Phi) is 4.91. The van der Waals surface area contributed by atoms with E-state index in [1.54, 1.807) is 54.4 Å². The number of hydrogen-bond donors (Lipinski definition) is 0. The van der Waals surface area contributed by atoms with Crippen LogP contribution < -0.4 is 10.3 Å². The molecule has 0 amide bonds. The maximum Gasteiger partial charge on any atom is 0.263 e. The van der Waals surface area contributed by atoms with E-state index in [-0.39, 0.29) is 5.56 Å². The van der Waals surface area contributed by atoms with E-state index in [4.69, 9.17) is 4.74 Å². The van der Waals surface area contributed by atoms with Crippen molar-refractivity contribution in [3.63, 3.8) is 0 Å². The Labute approximate surface area is 168 Å². The van der Waals surface area contributed by atoms with Crippen LogP contribution in [0, 0.1) is 11.3 Å². The van der Waals surface area contributed by atoms with Crippen molar-refractivity contribution in [2.24, 2.45) is 0 Å². The number of pyridine rings is 2. The maximum atomic E-state index is 13.5. The molecule has 5 heteroatoms. The van der Waals surface area contributed by atoms with E-state index in [0.717, 1.165) is 11.3 Å². The second-order valence-corrected chi connectivity index (χ2v) is 6.36. The van der Waals surface area contributed by atoms with E-state index < -0.39 is 0 Å². The topological polar surface area (TPSA) is 67.9 Å². The van der Waals surface area contributed by atoms with Gasteiger partial charge in [-0.05, 0) is 36.4 Å². The van der Waals surface area contributed by atoms with E-state index in [9.17, 15) is 10.1 Å². The predicted molar refractivity (Wildman–Crippen MR) is 112 cm³/mol. The Morgan fingerprint density at radius 1 is 0.966 bits per heavy atom. The number of hydrogen-bond acceptors (Lipinski definition) is 4. The highest BCUT2D eigenvalue weighted by Gasteiger charge is 2.16. The van der Waals surface area contributed by atoms with Gasteiger partial charge in [-0.15, -0.1) is 0 Å². The average molecular weight is 379 g/mol. The van der Waals surface area contributed by atoms with Crippen LogP contribution in [0.5, 0.6) is 5.75 Å². The molecule has 4 aromatic rings.